The number of hydrogen-bond donors (Lipinski definition) is 1. The highest BCUT2D eigenvalue weighted by atomic mass is 79.9. The number of carbonyl (C=O) groups excluding carboxylic acids is 1. The van der Waals surface area contributed by atoms with Crippen molar-refractivity contribution >= 4 is 32.9 Å². The maximum absolute atomic E-state index is 11.6. The van der Waals surface area contributed by atoms with Crippen molar-refractivity contribution in [2.45, 2.75) is 0 Å². The second-order valence-electron chi connectivity index (χ2n) is 4.30. The summed E-state index contributed by atoms with van der Waals surface area (Å²) < 4.78 is 5.50. The standard InChI is InChI=1S/C15H11BrN2O2/c1-20-15(19)10-7-11(16)13-12(8-10)17-14(18-13)9-5-3-2-4-6-9/h2-8H,1H3,(H,17,18). The molecule has 0 saturated carbocycles. The normalized spacial score (nSPS) is 10.7. The quantitative estimate of drug-likeness (QED) is 0.727. The third kappa shape index (κ3) is 2.20. The zero-order chi connectivity index (χ0) is 14.1. The number of carbonyl (C=O) groups is 1. The Morgan fingerprint density at radius 3 is 2.70 bits per heavy atom. The molecule has 3 rings (SSSR count). The van der Waals surface area contributed by atoms with Gasteiger partial charge in [0, 0.05) is 10.0 Å². The Balaban J connectivity index is 2.16. The highest BCUT2D eigenvalue weighted by Crippen LogP contribution is 2.27. The molecule has 100 valence electrons. The lowest BCUT2D eigenvalue weighted by Gasteiger charge is -2.00. The van der Waals surface area contributed by atoms with E-state index >= 15 is 0 Å². The number of methoxy groups -OCH3 is 1. The molecule has 0 unspecified atom stereocenters. The van der Waals surface area contributed by atoms with Crippen molar-refractivity contribution in [2.75, 3.05) is 7.11 Å². The zero-order valence-corrected chi connectivity index (χ0v) is 12.3. The highest BCUT2D eigenvalue weighted by molar-refractivity contribution is 9.10. The summed E-state index contributed by atoms with van der Waals surface area (Å²) in [6.45, 7) is 0. The van der Waals surface area contributed by atoms with Crippen molar-refractivity contribution in [1.29, 1.82) is 0 Å². The van der Waals surface area contributed by atoms with Crippen LogP contribution in [0.15, 0.2) is 46.9 Å². The SMILES string of the molecule is COC(=O)c1cc(Br)c2nc(-c3ccccc3)[nH]c2c1. The first kappa shape index (κ1) is 12.9. The third-order valence-electron chi connectivity index (χ3n) is 3.01. The average Bonchev–Trinajstić information content (AvgIpc) is 2.92. The van der Waals surface area contributed by atoms with Gasteiger partial charge in [0.05, 0.1) is 18.2 Å². The molecule has 5 heteroatoms. The minimum absolute atomic E-state index is 0.372. The lowest BCUT2D eigenvalue weighted by Crippen LogP contribution is -2.00. The van der Waals surface area contributed by atoms with Gasteiger partial charge in [0.2, 0.25) is 0 Å². The van der Waals surface area contributed by atoms with Crippen LogP contribution in [0, 0.1) is 0 Å². The second-order valence-corrected chi connectivity index (χ2v) is 5.15. The Kier molecular flexibility index (Phi) is 3.28. The molecule has 0 spiro atoms. The summed E-state index contributed by atoms with van der Waals surface area (Å²) in [5.74, 6) is 0.395. The van der Waals surface area contributed by atoms with Gasteiger partial charge in [-0.25, -0.2) is 9.78 Å². The smallest absolute Gasteiger partial charge is 0.337 e. The third-order valence-corrected chi connectivity index (χ3v) is 3.61. The summed E-state index contributed by atoms with van der Waals surface area (Å²) in [5, 5.41) is 0. The van der Waals surface area contributed by atoms with Gasteiger partial charge in [-0.2, -0.15) is 0 Å². The largest absolute Gasteiger partial charge is 0.465 e. The molecule has 0 atom stereocenters. The van der Waals surface area contributed by atoms with Gasteiger partial charge in [-0.1, -0.05) is 30.3 Å². The maximum Gasteiger partial charge on any atom is 0.337 e. The fraction of sp³-hybridized carbons (Fsp3) is 0.0667. The summed E-state index contributed by atoms with van der Waals surface area (Å²) in [5.41, 5.74) is 3.06. The predicted octanol–water partition coefficient (Wildman–Crippen LogP) is 3.78. The van der Waals surface area contributed by atoms with Crippen LogP contribution in [0.3, 0.4) is 0 Å². The van der Waals surface area contributed by atoms with E-state index in [0.29, 0.717) is 5.56 Å². The Morgan fingerprint density at radius 2 is 2.00 bits per heavy atom. The van der Waals surface area contributed by atoms with Gasteiger partial charge in [0.25, 0.3) is 0 Å². The number of rotatable bonds is 2. The van der Waals surface area contributed by atoms with Crippen LogP contribution in [0.4, 0.5) is 0 Å². The summed E-state index contributed by atoms with van der Waals surface area (Å²) in [7, 11) is 1.36. The second kappa shape index (κ2) is 5.09. The fourth-order valence-corrected chi connectivity index (χ4v) is 2.59. The molecular weight excluding hydrogens is 320 g/mol. The van der Waals surface area contributed by atoms with Crippen molar-refractivity contribution in [1.82, 2.24) is 9.97 Å². The molecule has 0 fully saturated rings. The van der Waals surface area contributed by atoms with Crippen LogP contribution in [0.1, 0.15) is 10.4 Å². The number of halogens is 1. The van der Waals surface area contributed by atoms with Gasteiger partial charge in [0.15, 0.2) is 0 Å². The molecule has 0 radical (unpaired) electrons. The molecule has 2 aromatic carbocycles. The molecule has 4 nitrogen and oxygen atoms in total. The van der Waals surface area contributed by atoms with Crippen LogP contribution in [0.2, 0.25) is 0 Å². The highest BCUT2D eigenvalue weighted by Gasteiger charge is 2.13. The Bertz CT molecular complexity index is 781. The molecule has 3 aromatic rings. The first-order chi connectivity index (χ1) is 9.69. The molecule has 1 aromatic heterocycles. The molecule has 0 bridgehead atoms. The van der Waals surface area contributed by atoms with E-state index < -0.39 is 0 Å². The van der Waals surface area contributed by atoms with Crippen molar-refractivity contribution in [2.24, 2.45) is 0 Å². The minimum atomic E-state index is -0.372. The number of hydrogen-bond acceptors (Lipinski definition) is 3. The molecule has 20 heavy (non-hydrogen) atoms. The van der Waals surface area contributed by atoms with Crippen molar-refractivity contribution < 1.29 is 9.53 Å². The number of ether oxygens (including phenoxy) is 1. The molecule has 0 saturated heterocycles. The van der Waals surface area contributed by atoms with Gasteiger partial charge in [0.1, 0.15) is 11.3 Å². The van der Waals surface area contributed by atoms with Crippen LogP contribution in [0.25, 0.3) is 22.4 Å². The Hall–Kier alpha value is -2.14. The Labute approximate surface area is 123 Å². The number of nitrogens with zero attached hydrogens (tertiary/aromatic N) is 1. The van der Waals surface area contributed by atoms with E-state index in [1.54, 1.807) is 12.1 Å². The van der Waals surface area contributed by atoms with E-state index in [1.807, 2.05) is 30.3 Å². The van der Waals surface area contributed by atoms with Gasteiger partial charge < -0.3 is 9.72 Å². The van der Waals surface area contributed by atoms with E-state index in [4.69, 9.17) is 4.74 Å². The maximum atomic E-state index is 11.6. The monoisotopic (exact) mass is 330 g/mol. The van der Waals surface area contributed by atoms with E-state index in [9.17, 15) is 4.79 Å². The number of benzene rings is 2. The first-order valence-electron chi connectivity index (χ1n) is 6.02. The molecule has 0 aliphatic rings. The van der Waals surface area contributed by atoms with Crippen molar-refractivity contribution in [3.05, 3.63) is 52.5 Å². The topological polar surface area (TPSA) is 55.0 Å². The predicted molar refractivity (Wildman–Crippen MR) is 80.6 cm³/mol. The van der Waals surface area contributed by atoms with Crippen LogP contribution in [-0.4, -0.2) is 23.0 Å². The number of aromatic nitrogens is 2. The Morgan fingerprint density at radius 1 is 1.25 bits per heavy atom. The number of esters is 1. The molecule has 0 aliphatic carbocycles. The zero-order valence-electron chi connectivity index (χ0n) is 10.7. The number of nitrogens with one attached hydrogen (secondary N) is 1. The van der Waals surface area contributed by atoms with E-state index in [1.165, 1.54) is 7.11 Å². The van der Waals surface area contributed by atoms with E-state index in [2.05, 4.69) is 25.9 Å². The first-order valence-corrected chi connectivity index (χ1v) is 6.81. The molecule has 0 amide bonds. The minimum Gasteiger partial charge on any atom is -0.465 e. The number of H-pyrrole nitrogens is 1. The van der Waals surface area contributed by atoms with Crippen LogP contribution in [0.5, 0.6) is 0 Å². The fourth-order valence-electron chi connectivity index (χ4n) is 2.04. The van der Waals surface area contributed by atoms with Crippen LogP contribution < -0.4 is 0 Å². The van der Waals surface area contributed by atoms with Crippen molar-refractivity contribution in [3.8, 4) is 11.4 Å². The number of aromatic amines is 1. The summed E-state index contributed by atoms with van der Waals surface area (Å²) in [6.07, 6.45) is 0. The van der Waals surface area contributed by atoms with Gasteiger partial charge in [-0.05, 0) is 28.1 Å². The molecule has 1 heterocycles. The molecule has 0 aliphatic heterocycles. The lowest BCUT2D eigenvalue weighted by molar-refractivity contribution is 0.0601. The average molecular weight is 331 g/mol. The van der Waals surface area contributed by atoms with Gasteiger partial charge in [-0.3, -0.25) is 0 Å². The number of fused-ring (bicyclic) bond motifs is 1. The van der Waals surface area contributed by atoms with E-state index in [0.717, 1.165) is 26.9 Å². The van der Waals surface area contributed by atoms with Crippen LogP contribution >= 0.6 is 15.9 Å². The summed E-state index contributed by atoms with van der Waals surface area (Å²) in [6, 6.07) is 13.3. The van der Waals surface area contributed by atoms with Crippen molar-refractivity contribution in [3.63, 3.8) is 0 Å². The molecular formula is C15H11BrN2O2. The van der Waals surface area contributed by atoms with Gasteiger partial charge in [-0.15, -0.1) is 0 Å². The number of imidazole rings is 1. The lowest BCUT2D eigenvalue weighted by atomic mass is 10.2. The molecule has 1 N–H and O–H groups in total. The summed E-state index contributed by atoms with van der Waals surface area (Å²) >= 11 is 3.44. The van der Waals surface area contributed by atoms with Gasteiger partial charge >= 0.3 is 5.97 Å². The van der Waals surface area contributed by atoms with Crippen LogP contribution in [-0.2, 0) is 4.74 Å². The van der Waals surface area contributed by atoms with E-state index in [-0.39, 0.29) is 5.97 Å². The summed E-state index contributed by atoms with van der Waals surface area (Å²) in [4.78, 5) is 19.4.